The Balaban J connectivity index is 1.73. The van der Waals surface area contributed by atoms with Crippen molar-refractivity contribution >= 4 is 5.91 Å². The molecule has 0 bridgehead atoms. The van der Waals surface area contributed by atoms with Crippen molar-refractivity contribution in [2.75, 3.05) is 6.61 Å². The van der Waals surface area contributed by atoms with Crippen molar-refractivity contribution in [3.63, 3.8) is 0 Å². The molecule has 0 aliphatic carbocycles. The highest BCUT2D eigenvalue weighted by atomic mass is 16.3. The molecule has 0 saturated carbocycles. The number of benzene rings is 1. The number of aliphatic hydroxyl groups excluding tert-OH is 1. The van der Waals surface area contributed by atoms with Crippen LogP contribution in [-0.4, -0.2) is 32.6 Å². The van der Waals surface area contributed by atoms with Crippen molar-refractivity contribution in [3.8, 4) is 11.4 Å². The molecular weight excluding hydrogens is 352 g/mol. The van der Waals surface area contributed by atoms with E-state index in [1.165, 1.54) is 18.0 Å². The van der Waals surface area contributed by atoms with Gasteiger partial charge in [0.05, 0.1) is 11.6 Å². The van der Waals surface area contributed by atoms with Gasteiger partial charge in [-0.3, -0.25) is 9.78 Å². The molecule has 0 radical (unpaired) electrons. The third-order valence-electron chi connectivity index (χ3n) is 4.56. The molecule has 0 aliphatic rings. The third-order valence-corrected chi connectivity index (χ3v) is 4.56. The second kappa shape index (κ2) is 9.19. The molecule has 2 aromatic heterocycles. The van der Waals surface area contributed by atoms with Crippen LogP contribution < -0.4 is 5.32 Å². The van der Waals surface area contributed by atoms with Crippen LogP contribution in [0, 0.1) is 0 Å². The average molecular weight is 376 g/mol. The van der Waals surface area contributed by atoms with Crippen LogP contribution in [0.2, 0.25) is 0 Å². The number of carbonyl (C=O) groups is 1. The van der Waals surface area contributed by atoms with Gasteiger partial charge in [-0.2, -0.15) is 0 Å². The van der Waals surface area contributed by atoms with Crippen LogP contribution in [0.4, 0.5) is 0 Å². The number of nitrogens with zero attached hydrogens (tertiary/aromatic N) is 3. The molecule has 6 nitrogen and oxygen atoms in total. The van der Waals surface area contributed by atoms with E-state index in [2.05, 4.69) is 46.2 Å². The van der Waals surface area contributed by atoms with Crippen LogP contribution in [0.25, 0.3) is 11.4 Å². The van der Waals surface area contributed by atoms with E-state index < -0.39 is 0 Å². The first-order valence-corrected chi connectivity index (χ1v) is 9.32. The van der Waals surface area contributed by atoms with Crippen molar-refractivity contribution in [1.82, 2.24) is 20.3 Å². The fraction of sp³-hybridized carbons (Fsp3) is 0.273. The molecule has 1 atom stereocenters. The van der Waals surface area contributed by atoms with E-state index in [1.807, 2.05) is 24.3 Å². The maximum absolute atomic E-state index is 12.6. The molecule has 1 amide bonds. The summed E-state index contributed by atoms with van der Waals surface area (Å²) in [5.41, 5.74) is 3.35. The first-order valence-electron chi connectivity index (χ1n) is 9.32. The number of carbonyl (C=O) groups excluding carboxylic acids is 1. The average Bonchev–Trinajstić information content (AvgIpc) is 2.74. The number of hydrogen-bond acceptors (Lipinski definition) is 5. The molecule has 2 N–H and O–H groups in total. The Kier molecular flexibility index (Phi) is 6.45. The minimum absolute atomic E-state index is 0.0205. The lowest BCUT2D eigenvalue weighted by Crippen LogP contribution is -2.29. The number of amides is 1. The summed E-state index contributed by atoms with van der Waals surface area (Å²) in [6.07, 6.45) is 6.79. The molecule has 28 heavy (non-hydrogen) atoms. The summed E-state index contributed by atoms with van der Waals surface area (Å²) in [6, 6.07) is 11.5. The fourth-order valence-electron chi connectivity index (χ4n) is 2.90. The molecular formula is C22H24N4O2. The molecule has 6 heteroatoms. The topological polar surface area (TPSA) is 88.0 Å². The maximum atomic E-state index is 12.6. The normalized spacial score (nSPS) is 12.0. The van der Waals surface area contributed by atoms with Crippen LogP contribution >= 0.6 is 0 Å². The highest BCUT2D eigenvalue weighted by Gasteiger charge is 2.16. The van der Waals surface area contributed by atoms with Crippen molar-refractivity contribution in [1.29, 1.82) is 0 Å². The zero-order valence-corrected chi connectivity index (χ0v) is 16.0. The quantitative estimate of drug-likeness (QED) is 0.659. The summed E-state index contributed by atoms with van der Waals surface area (Å²) >= 11 is 0. The van der Waals surface area contributed by atoms with Crippen molar-refractivity contribution in [2.24, 2.45) is 0 Å². The van der Waals surface area contributed by atoms with Gasteiger partial charge in [-0.1, -0.05) is 38.1 Å². The zero-order chi connectivity index (χ0) is 19.9. The van der Waals surface area contributed by atoms with Gasteiger partial charge in [0, 0.05) is 37.0 Å². The molecule has 0 aliphatic heterocycles. The Labute approximate surface area is 164 Å². The molecule has 0 fully saturated rings. The van der Waals surface area contributed by atoms with E-state index >= 15 is 0 Å². The molecule has 0 unspecified atom stereocenters. The Morgan fingerprint density at radius 2 is 1.71 bits per heavy atom. The van der Waals surface area contributed by atoms with Crippen LogP contribution in [0.5, 0.6) is 0 Å². The maximum Gasteiger partial charge on any atom is 0.254 e. The van der Waals surface area contributed by atoms with Gasteiger partial charge in [0.15, 0.2) is 5.82 Å². The lowest BCUT2D eigenvalue weighted by Gasteiger charge is -2.19. The zero-order valence-electron chi connectivity index (χ0n) is 16.0. The van der Waals surface area contributed by atoms with Gasteiger partial charge < -0.3 is 10.4 Å². The molecule has 1 aromatic carbocycles. The van der Waals surface area contributed by atoms with E-state index in [1.54, 1.807) is 12.4 Å². The van der Waals surface area contributed by atoms with Gasteiger partial charge in [0.1, 0.15) is 0 Å². The fourth-order valence-corrected chi connectivity index (χ4v) is 2.90. The number of nitrogens with one attached hydrogen (secondary N) is 1. The van der Waals surface area contributed by atoms with E-state index in [-0.39, 0.29) is 18.6 Å². The Bertz CT molecular complexity index is 894. The van der Waals surface area contributed by atoms with E-state index in [0.717, 1.165) is 11.1 Å². The van der Waals surface area contributed by atoms with Gasteiger partial charge in [-0.05, 0) is 35.6 Å². The van der Waals surface area contributed by atoms with Gasteiger partial charge >= 0.3 is 0 Å². The first kappa shape index (κ1) is 19.6. The molecule has 2 heterocycles. The lowest BCUT2D eigenvalue weighted by atomic mass is 9.97. The van der Waals surface area contributed by atoms with E-state index in [9.17, 15) is 9.90 Å². The predicted molar refractivity (Wildman–Crippen MR) is 108 cm³/mol. The highest BCUT2D eigenvalue weighted by molar-refractivity contribution is 5.94. The SMILES string of the molecule is CC(C)c1ccc([C@@H](CCO)NC(=O)c2cnc(-c3cccnc3)nc2)cc1. The highest BCUT2D eigenvalue weighted by Crippen LogP contribution is 2.21. The number of rotatable bonds is 7. The van der Waals surface area contributed by atoms with Crippen molar-refractivity contribution < 1.29 is 9.90 Å². The minimum Gasteiger partial charge on any atom is -0.396 e. The van der Waals surface area contributed by atoms with Crippen LogP contribution in [0.3, 0.4) is 0 Å². The largest absolute Gasteiger partial charge is 0.396 e. The first-order chi connectivity index (χ1) is 13.6. The summed E-state index contributed by atoms with van der Waals surface area (Å²) in [6.45, 7) is 4.25. The van der Waals surface area contributed by atoms with Gasteiger partial charge in [0.2, 0.25) is 0 Å². The van der Waals surface area contributed by atoms with Crippen molar-refractivity contribution in [3.05, 3.63) is 77.9 Å². The Morgan fingerprint density at radius 3 is 2.29 bits per heavy atom. The molecule has 0 saturated heterocycles. The van der Waals surface area contributed by atoms with Gasteiger partial charge in [-0.25, -0.2) is 9.97 Å². The Hall–Kier alpha value is -3.12. The second-order valence-electron chi connectivity index (χ2n) is 6.90. The molecule has 0 spiro atoms. The number of aromatic nitrogens is 3. The minimum atomic E-state index is -0.281. The molecule has 3 aromatic rings. The summed E-state index contributed by atoms with van der Waals surface area (Å²) in [7, 11) is 0. The van der Waals surface area contributed by atoms with Gasteiger partial charge in [0.25, 0.3) is 5.91 Å². The van der Waals surface area contributed by atoms with Gasteiger partial charge in [-0.15, -0.1) is 0 Å². The van der Waals surface area contributed by atoms with Crippen molar-refractivity contribution in [2.45, 2.75) is 32.2 Å². The van der Waals surface area contributed by atoms with Crippen LogP contribution in [0.15, 0.2) is 61.2 Å². The number of hydrogen-bond donors (Lipinski definition) is 2. The summed E-state index contributed by atoms with van der Waals surface area (Å²) < 4.78 is 0. The summed E-state index contributed by atoms with van der Waals surface area (Å²) in [5, 5.41) is 12.4. The predicted octanol–water partition coefficient (Wildman–Crippen LogP) is 3.52. The monoisotopic (exact) mass is 376 g/mol. The molecule has 144 valence electrons. The summed E-state index contributed by atoms with van der Waals surface area (Å²) in [4.78, 5) is 25.2. The smallest absolute Gasteiger partial charge is 0.254 e. The summed E-state index contributed by atoms with van der Waals surface area (Å²) in [5.74, 6) is 0.681. The number of pyridine rings is 1. The van der Waals surface area contributed by atoms with E-state index in [0.29, 0.717) is 23.7 Å². The lowest BCUT2D eigenvalue weighted by molar-refractivity contribution is 0.0929. The van der Waals surface area contributed by atoms with Crippen LogP contribution in [-0.2, 0) is 0 Å². The number of aliphatic hydroxyl groups is 1. The van der Waals surface area contributed by atoms with Crippen LogP contribution in [0.1, 0.15) is 53.7 Å². The Morgan fingerprint density at radius 1 is 1.04 bits per heavy atom. The standard InChI is InChI=1S/C22H24N4O2/c1-15(2)16-5-7-17(8-6-16)20(9-11-27)26-22(28)19-13-24-21(25-14-19)18-4-3-10-23-12-18/h3-8,10,12-15,20,27H,9,11H2,1-2H3,(H,26,28)/t20-/m1/s1. The molecule has 3 rings (SSSR count). The second-order valence-corrected chi connectivity index (χ2v) is 6.90. The third kappa shape index (κ3) is 4.78. The van der Waals surface area contributed by atoms with E-state index in [4.69, 9.17) is 0 Å².